The first-order valence-corrected chi connectivity index (χ1v) is 29.8. The first kappa shape index (κ1) is 56.1. The number of carbonyl (C=O) groups excluding carboxylic acids is 1. The number of benzene rings is 6. The number of piperidine rings is 1. The van der Waals surface area contributed by atoms with Gasteiger partial charge in [-0.15, -0.1) is 0 Å². The Kier molecular flexibility index (Phi) is 15.6. The van der Waals surface area contributed by atoms with E-state index in [-0.39, 0.29) is 17.5 Å². The number of phenolic OH excluding ortho intramolecular Hbond substituents is 2. The van der Waals surface area contributed by atoms with E-state index in [2.05, 4.69) is 115 Å². The number of anilines is 1. The number of aromatic nitrogens is 10. The summed E-state index contributed by atoms with van der Waals surface area (Å²) < 4.78 is 15.0. The van der Waals surface area contributed by atoms with Gasteiger partial charge in [0.05, 0.1) is 34.2 Å². The van der Waals surface area contributed by atoms with Crippen LogP contribution >= 0.6 is 15.9 Å². The fourth-order valence-corrected chi connectivity index (χ4v) is 11.8. The van der Waals surface area contributed by atoms with Crippen molar-refractivity contribution >= 4 is 71.5 Å². The van der Waals surface area contributed by atoms with Gasteiger partial charge >= 0.3 is 0 Å². The highest BCUT2D eigenvalue weighted by Crippen LogP contribution is 2.36. The van der Waals surface area contributed by atoms with Crippen LogP contribution in [-0.4, -0.2) is 123 Å². The minimum Gasteiger partial charge on any atom is -0.507 e. The molecule has 2 aliphatic rings. The lowest BCUT2D eigenvalue weighted by Gasteiger charge is -2.32. The van der Waals surface area contributed by atoms with Gasteiger partial charge in [0.25, 0.3) is 5.91 Å². The second kappa shape index (κ2) is 24.1. The van der Waals surface area contributed by atoms with Crippen molar-refractivity contribution in [1.82, 2.24) is 60.3 Å². The summed E-state index contributed by atoms with van der Waals surface area (Å²) in [5, 5.41) is 46.2. The number of phenols is 2. The summed E-state index contributed by atoms with van der Waals surface area (Å²) in [6, 6.07) is 52.4. The number of likely N-dealkylation sites (N-methyl/N-ethyl adjacent to an activating group) is 1. The van der Waals surface area contributed by atoms with Crippen LogP contribution in [0.1, 0.15) is 40.7 Å². The van der Waals surface area contributed by atoms with Crippen molar-refractivity contribution in [2.45, 2.75) is 33.1 Å². The third-order valence-electron chi connectivity index (χ3n) is 16.4. The largest absolute Gasteiger partial charge is 0.507 e. The molecule has 18 heteroatoms. The van der Waals surface area contributed by atoms with Gasteiger partial charge in [-0.3, -0.25) is 20.1 Å². The summed E-state index contributed by atoms with van der Waals surface area (Å²) in [6.45, 7) is 9.39. The number of pyridine rings is 3. The Bertz CT molecular complexity index is 4630. The number of hydrogen-bond donors (Lipinski definition) is 6. The lowest BCUT2D eigenvalue weighted by atomic mass is 10.0. The molecule has 0 radical (unpaired) electrons. The molecule has 13 aromatic rings. The van der Waals surface area contributed by atoms with Crippen LogP contribution in [0.3, 0.4) is 0 Å². The van der Waals surface area contributed by atoms with E-state index in [1.807, 2.05) is 122 Å². The summed E-state index contributed by atoms with van der Waals surface area (Å²) in [5.74, 6) is 0.302. The Labute approximate surface area is 508 Å². The fourth-order valence-electron chi connectivity index (χ4n) is 11.5. The van der Waals surface area contributed by atoms with Gasteiger partial charge in [-0.1, -0.05) is 64.5 Å². The second-order valence-corrected chi connectivity index (χ2v) is 23.1. The van der Waals surface area contributed by atoms with Gasteiger partial charge in [-0.2, -0.15) is 15.3 Å². The van der Waals surface area contributed by atoms with Crippen molar-refractivity contribution in [3.05, 3.63) is 197 Å². The molecule has 0 spiro atoms. The Morgan fingerprint density at radius 1 is 0.540 bits per heavy atom. The van der Waals surface area contributed by atoms with Crippen LogP contribution in [0.15, 0.2) is 174 Å². The number of H-pyrrole nitrogens is 4. The molecule has 87 heavy (non-hydrogen) atoms. The minimum atomic E-state index is -0.314. The van der Waals surface area contributed by atoms with Gasteiger partial charge in [0, 0.05) is 116 Å². The molecule has 2 saturated heterocycles. The fraction of sp³-hybridized carbons (Fsp3) is 0.174. The summed E-state index contributed by atoms with van der Waals surface area (Å²) in [5.41, 5.74) is 16.5. The normalized spacial score (nSPS) is 13.7. The number of hydrogen-bond acceptors (Lipinski definition) is 11. The number of nitrogens with one attached hydrogen (secondary N) is 4. The molecular weight excluding hydrogens is 1160 g/mol. The Morgan fingerprint density at radius 3 is 1.74 bits per heavy atom. The highest BCUT2D eigenvalue weighted by Gasteiger charge is 2.22. The number of amides is 1. The molecule has 6 N–H and O–H groups in total. The number of aromatic hydroxyl groups is 2. The SMILES string of the molecule is Cc1cc(-c2ccc3c(-c4ccc(C(=O)N5CCN(C)CC5)cc4)[nH]nc3n2)cc(C)c1O.Fc1cc(Br)ccc1-c1[nH]nc2nc(-c3ccc4cc[nH]c4c3)ccc12.Oc1ccccc1-c1ccc2c(-c3ccc(N4CCCCC4)cc3)[nH]nc2n1. The average Bonchev–Trinajstić information content (AvgIpc) is 2.98. The number of rotatable bonds is 8. The summed E-state index contributed by atoms with van der Waals surface area (Å²) in [7, 11) is 2.08. The van der Waals surface area contributed by atoms with Crippen molar-refractivity contribution in [3.63, 3.8) is 0 Å². The van der Waals surface area contributed by atoms with Crippen molar-refractivity contribution < 1.29 is 19.4 Å². The number of piperazine rings is 1. The van der Waals surface area contributed by atoms with Gasteiger partial charge in [0.2, 0.25) is 0 Å². The number of aromatic amines is 4. The molecule has 15 rings (SSSR count). The molecule has 0 atom stereocenters. The van der Waals surface area contributed by atoms with Gasteiger partial charge in [-0.05, 0) is 172 Å². The highest BCUT2D eigenvalue weighted by atomic mass is 79.9. The number of aryl methyl sites for hydroxylation is 2. The van der Waals surface area contributed by atoms with Gasteiger partial charge in [-0.25, -0.2) is 19.3 Å². The van der Waals surface area contributed by atoms with Crippen LogP contribution in [0.2, 0.25) is 0 Å². The lowest BCUT2D eigenvalue weighted by Crippen LogP contribution is -2.47. The second-order valence-electron chi connectivity index (χ2n) is 22.1. The van der Waals surface area contributed by atoms with Crippen LogP contribution in [0.5, 0.6) is 11.5 Å². The molecule has 7 aromatic heterocycles. The molecule has 434 valence electrons. The number of fused-ring (bicyclic) bond motifs is 4. The van der Waals surface area contributed by atoms with Crippen molar-refractivity contribution in [1.29, 1.82) is 0 Å². The van der Waals surface area contributed by atoms with E-state index < -0.39 is 0 Å². The van der Waals surface area contributed by atoms with Gasteiger partial charge in [0.15, 0.2) is 16.9 Å². The zero-order valence-corrected chi connectivity index (χ0v) is 49.7. The first-order valence-electron chi connectivity index (χ1n) is 29.0. The quantitative estimate of drug-likeness (QED) is 0.0843. The smallest absolute Gasteiger partial charge is 0.253 e. The molecule has 1 amide bonds. The van der Waals surface area contributed by atoms with Crippen LogP contribution in [-0.2, 0) is 0 Å². The van der Waals surface area contributed by atoms with Crippen molar-refractivity contribution in [2.75, 3.05) is 51.2 Å². The van der Waals surface area contributed by atoms with E-state index in [9.17, 15) is 19.4 Å². The molecule has 0 unspecified atom stereocenters. The van der Waals surface area contributed by atoms with Crippen LogP contribution in [0.25, 0.3) is 112 Å². The first-order chi connectivity index (χ1) is 42.4. The number of para-hydroxylation sites is 1. The molecule has 2 aliphatic heterocycles. The maximum atomic E-state index is 14.3. The Hall–Kier alpha value is -10.0. The molecule has 2 fully saturated rings. The van der Waals surface area contributed by atoms with Crippen LogP contribution < -0.4 is 4.90 Å². The topological polar surface area (TPSA) is 208 Å². The number of carbonyl (C=O) groups is 1. The zero-order valence-electron chi connectivity index (χ0n) is 48.1. The molecule has 0 saturated carbocycles. The molecule has 9 heterocycles. The van der Waals surface area contributed by atoms with E-state index >= 15 is 0 Å². The van der Waals surface area contributed by atoms with Crippen LogP contribution in [0, 0.1) is 19.7 Å². The predicted octanol–water partition coefficient (Wildman–Crippen LogP) is 14.7. The standard InChI is InChI=1S/C26H27N5O2.C23H22N4O.C20H12BrFN4/c1-16-14-20(15-17(2)24(16)32)22-9-8-21-23(28-29-25(21)27-22)18-4-6-19(7-5-18)26(33)31-12-10-30(3)11-13-31;28-21-7-3-2-6-18(21)20-13-12-19-22(25-26-23(19)24-20)16-8-10-17(11-9-16)27-14-4-1-5-15-27;21-13-3-4-14(16(22)10-13)19-15-5-6-17(24-20(15)26-25-19)12-2-1-11-7-8-23-18(11)9-12/h4-9,14-15,32H,10-13H2,1-3H3,(H,27,28,29);2-3,6-13,28H,1,4-5,14-15H2,(H,24,25,26);1-10,23H,(H,24,25,26). The molecule has 0 bridgehead atoms. The predicted molar refractivity (Wildman–Crippen MR) is 346 cm³/mol. The van der Waals surface area contributed by atoms with E-state index in [1.165, 1.54) is 31.0 Å². The average molecular weight is 1220 g/mol. The number of halogens is 2. The summed E-state index contributed by atoms with van der Waals surface area (Å²) in [4.78, 5) is 36.6. The Balaban J connectivity index is 0.000000122. The monoisotopic (exact) mass is 1220 g/mol. The van der Waals surface area contributed by atoms with Gasteiger partial charge in [0.1, 0.15) is 17.3 Å². The third kappa shape index (κ3) is 11.6. The van der Waals surface area contributed by atoms with Gasteiger partial charge < -0.3 is 29.9 Å². The maximum Gasteiger partial charge on any atom is 0.253 e. The van der Waals surface area contributed by atoms with E-state index in [0.29, 0.717) is 55.2 Å². The van der Waals surface area contributed by atoms with Crippen LogP contribution in [0.4, 0.5) is 10.1 Å². The minimum absolute atomic E-state index is 0.0786. The number of nitrogens with zero attached hydrogens (tertiary/aromatic N) is 9. The summed E-state index contributed by atoms with van der Waals surface area (Å²) in [6.07, 6.45) is 5.80. The molecular formula is C69H61BrFN13O3. The summed E-state index contributed by atoms with van der Waals surface area (Å²) >= 11 is 3.28. The Morgan fingerprint density at radius 2 is 1.10 bits per heavy atom. The highest BCUT2D eigenvalue weighted by molar-refractivity contribution is 9.10. The third-order valence-corrected chi connectivity index (χ3v) is 16.9. The van der Waals surface area contributed by atoms with Crippen molar-refractivity contribution in [2.24, 2.45) is 0 Å². The molecule has 16 nitrogen and oxygen atoms in total. The van der Waals surface area contributed by atoms with Crippen molar-refractivity contribution in [3.8, 4) is 79.0 Å². The molecule has 0 aliphatic carbocycles. The zero-order chi connectivity index (χ0) is 59.7. The maximum absolute atomic E-state index is 14.3. The van der Waals surface area contributed by atoms with E-state index in [1.54, 1.807) is 24.3 Å². The lowest BCUT2D eigenvalue weighted by molar-refractivity contribution is 0.0664. The van der Waals surface area contributed by atoms with E-state index in [4.69, 9.17) is 4.98 Å². The van der Waals surface area contributed by atoms with E-state index in [0.717, 1.165) is 122 Å². The molecule has 6 aromatic carbocycles.